The van der Waals surface area contributed by atoms with Gasteiger partial charge in [0.2, 0.25) is 0 Å². The lowest BCUT2D eigenvalue weighted by molar-refractivity contribution is 0.0443. The van der Waals surface area contributed by atoms with Crippen LogP contribution >= 0.6 is 0 Å². The van der Waals surface area contributed by atoms with Crippen LogP contribution in [0, 0.1) is 13.8 Å². The molecule has 1 amide bonds. The van der Waals surface area contributed by atoms with E-state index >= 15 is 0 Å². The van der Waals surface area contributed by atoms with Crippen molar-refractivity contribution in [2.75, 3.05) is 20.3 Å². The van der Waals surface area contributed by atoms with Gasteiger partial charge in [-0.05, 0) is 56.0 Å². The molecule has 30 heavy (non-hydrogen) atoms. The fraction of sp³-hybridized carbons (Fsp3) is 0.440. The third kappa shape index (κ3) is 5.41. The van der Waals surface area contributed by atoms with Crippen molar-refractivity contribution in [1.29, 1.82) is 0 Å². The maximum Gasteiger partial charge on any atom is 0.339 e. The van der Waals surface area contributed by atoms with Crippen LogP contribution in [0.15, 0.2) is 42.5 Å². The number of hydrogen-bond donors (Lipinski definition) is 0. The minimum absolute atomic E-state index is 0.118. The summed E-state index contributed by atoms with van der Waals surface area (Å²) in [5.74, 6) is 0.164. The smallest absolute Gasteiger partial charge is 0.339 e. The normalized spacial score (nSPS) is 14.2. The zero-order valence-corrected chi connectivity index (χ0v) is 18.1. The Labute approximate surface area is 179 Å². The number of ether oxygens (including phenoxy) is 2. The van der Waals surface area contributed by atoms with Crippen molar-refractivity contribution in [3.05, 3.63) is 64.7 Å². The van der Waals surface area contributed by atoms with Crippen LogP contribution in [0.4, 0.5) is 0 Å². The number of carbonyl (C=O) groups excluding carboxylic acids is 2. The number of esters is 1. The van der Waals surface area contributed by atoms with Crippen LogP contribution in [0.1, 0.15) is 63.9 Å². The van der Waals surface area contributed by atoms with E-state index in [-0.39, 0.29) is 25.2 Å². The predicted molar refractivity (Wildman–Crippen MR) is 117 cm³/mol. The molecule has 0 radical (unpaired) electrons. The summed E-state index contributed by atoms with van der Waals surface area (Å²) < 4.78 is 11.1. The molecule has 0 bridgehead atoms. The molecule has 1 aliphatic carbocycles. The molecule has 0 N–H and O–H groups in total. The third-order valence-electron chi connectivity index (χ3n) is 5.74. The Hall–Kier alpha value is -2.82. The monoisotopic (exact) mass is 409 g/mol. The summed E-state index contributed by atoms with van der Waals surface area (Å²) in [5, 5.41) is 0. The number of nitrogens with zero attached hydrogens (tertiary/aromatic N) is 1. The van der Waals surface area contributed by atoms with E-state index in [2.05, 4.69) is 0 Å². The molecule has 0 saturated heterocycles. The van der Waals surface area contributed by atoms with Gasteiger partial charge in [-0.25, -0.2) is 4.79 Å². The highest BCUT2D eigenvalue weighted by Gasteiger charge is 2.26. The van der Waals surface area contributed by atoms with Gasteiger partial charge in [-0.15, -0.1) is 0 Å². The molecule has 0 unspecified atom stereocenters. The second kappa shape index (κ2) is 10.3. The highest BCUT2D eigenvalue weighted by Crippen LogP contribution is 2.24. The van der Waals surface area contributed by atoms with Crippen LogP contribution in [0.5, 0.6) is 5.75 Å². The van der Waals surface area contributed by atoms with E-state index in [0.29, 0.717) is 11.1 Å². The molecule has 1 fully saturated rings. The van der Waals surface area contributed by atoms with Crippen molar-refractivity contribution in [2.45, 2.75) is 52.0 Å². The van der Waals surface area contributed by atoms with Crippen LogP contribution in [0.3, 0.4) is 0 Å². The summed E-state index contributed by atoms with van der Waals surface area (Å²) in [6, 6.07) is 13.1. The Kier molecular flexibility index (Phi) is 7.50. The number of aryl methyl sites for hydroxylation is 2. The van der Waals surface area contributed by atoms with Gasteiger partial charge in [0.25, 0.3) is 5.91 Å². The standard InChI is InChI=1S/C25H31NO4/c1-18-13-14-19(2)23(17-18)29-15-16-30-25(28)22-12-8-7-11-21(22)24(27)26(3)20-9-5-4-6-10-20/h7-8,11-14,17,20H,4-6,9-10,15-16H2,1-3H3. The minimum Gasteiger partial charge on any atom is -0.490 e. The highest BCUT2D eigenvalue weighted by molar-refractivity contribution is 6.05. The van der Waals surface area contributed by atoms with E-state index in [1.54, 1.807) is 29.2 Å². The van der Waals surface area contributed by atoms with Gasteiger partial charge in [0.05, 0.1) is 11.1 Å². The SMILES string of the molecule is Cc1ccc(C)c(OCCOC(=O)c2ccccc2C(=O)N(C)C2CCCCC2)c1. The van der Waals surface area contributed by atoms with Crippen LogP contribution in [0.25, 0.3) is 0 Å². The molecule has 5 heteroatoms. The molecule has 0 aliphatic heterocycles. The van der Waals surface area contributed by atoms with Gasteiger partial charge >= 0.3 is 5.97 Å². The van der Waals surface area contributed by atoms with Crippen molar-refractivity contribution in [3.63, 3.8) is 0 Å². The maximum atomic E-state index is 13.0. The lowest BCUT2D eigenvalue weighted by atomic mass is 9.94. The summed E-state index contributed by atoms with van der Waals surface area (Å²) in [5.41, 5.74) is 2.85. The van der Waals surface area contributed by atoms with Crippen LogP contribution in [-0.4, -0.2) is 43.1 Å². The van der Waals surface area contributed by atoms with Crippen molar-refractivity contribution >= 4 is 11.9 Å². The molecule has 2 aromatic rings. The fourth-order valence-electron chi connectivity index (χ4n) is 3.90. The lowest BCUT2D eigenvalue weighted by Gasteiger charge is -2.31. The van der Waals surface area contributed by atoms with Crippen LogP contribution in [-0.2, 0) is 4.74 Å². The van der Waals surface area contributed by atoms with E-state index in [1.807, 2.05) is 39.1 Å². The number of carbonyl (C=O) groups is 2. The molecule has 0 heterocycles. The first-order valence-corrected chi connectivity index (χ1v) is 10.7. The van der Waals surface area contributed by atoms with E-state index in [4.69, 9.17) is 9.47 Å². The van der Waals surface area contributed by atoms with Crippen molar-refractivity contribution < 1.29 is 19.1 Å². The number of benzene rings is 2. The molecule has 160 valence electrons. The number of rotatable bonds is 7. The molecule has 0 aromatic heterocycles. The topological polar surface area (TPSA) is 55.8 Å². The second-order valence-electron chi connectivity index (χ2n) is 8.01. The largest absolute Gasteiger partial charge is 0.490 e. The Morgan fingerprint density at radius 3 is 2.40 bits per heavy atom. The van der Waals surface area contributed by atoms with Gasteiger partial charge in [-0.3, -0.25) is 4.79 Å². The zero-order chi connectivity index (χ0) is 21.5. The first kappa shape index (κ1) is 21.9. The molecule has 1 aliphatic rings. The maximum absolute atomic E-state index is 13.0. The van der Waals surface area contributed by atoms with Crippen molar-refractivity contribution in [1.82, 2.24) is 4.90 Å². The van der Waals surface area contributed by atoms with Crippen molar-refractivity contribution in [2.24, 2.45) is 0 Å². The molecule has 2 aromatic carbocycles. The Bertz CT molecular complexity index is 886. The Morgan fingerprint density at radius 2 is 1.67 bits per heavy atom. The zero-order valence-electron chi connectivity index (χ0n) is 18.1. The lowest BCUT2D eigenvalue weighted by Crippen LogP contribution is -2.39. The summed E-state index contributed by atoms with van der Waals surface area (Å²) in [6.45, 7) is 4.36. The molecular weight excluding hydrogens is 378 g/mol. The molecule has 0 atom stereocenters. The number of amides is 1. The first-order chi connectivity index (χ1) is 14.5. The van der Waals surface area contributed by atoms with Gasteiger partial charge in [-0.2, -0.15) is 0 Å². The van der Waals surface area contributed by atoms with Crippen LogP contribution in [0.2, 0.25) is 0 Å². The number of hydrogen-bond acceptors (Lipinski definition) is 4. The molecule has 0 spiro atoms. The van der Waals surface area contributed by atoms with Gasteiger partial charge in [-0.1, -0.05) is 43.5 Å². The summed E-state index contributed by atoms with van der Waals surface area (Å²) in [6.07, 6.45) is 5.56. The Morgan fingerprint density at radius 1 is 0.967 bits per heavy atom. The molecule has 1 saturated carbocycles. The summed E-state index contributed by atoms with van der Waals surface area (Å²) >= 11 is 0. The minimum atomic E-state index is -0.499. The molecule has 5 nitrogen and oxygen atoms in total. The van der Waals surface area contributed by atoms with E-state index in [0.717, 1.165) is 42.6 Å². The first-order valence-electron chi connectivity index (χ1n) is 10.7. The molecular formula is C25H31NO4. The average Bonchev–Trinajstić information content (AvgIpc) is 2.78. The van der Waals surface area contributed by atoms with E-state index in [9.17, 15) is 9.59 Å². The highest BCUT2D eigenvalue weighted by atomic mass is 16.6. The van der Waals surface area contributed by atoms with E-state index in [1.165, 1.54) is 6.42 Å². The van der Waals surface area contributed by atoms with Gasteiger partial charge in [0.15, 0.2) is 0 Å². The van der Waals surface area contributed by atoms with Gasteiger partial charge in [0, 0.05) is 13.1 Å². The summed E-state index contributed by atoms with van der Waals surface area (Å²) in [4.78, 5) is 27.5. The van der Waals surface area contributed by atoms with Crippen LogP contribution < -0.4 is 4.74 Å². The second-order valence-corrected chi connectivity index (χ2v) is 8.01. The van der Waals surface area contributed by atoms with E-state index < -0.39 is 5.97 Å². The summed E-state index contributed by atoms with van der Waals surface area (Å²) in [7, 11) is 1.83. The average molecular weight is 410 g/mol. The predicted octanol–water partition coefficient (Wildman–Crippen LogP) is 4.94. The quantitative estimate of drug-likeness (QED) is 0.480. The fourth-order valence-corrected chi connectivity index (χ4v) is 3.90. The molecule has 3 rings (SSSR count). The third-order valence-corrected chi connectivity index (χ3v) is 5.74. The van der Waals surface area contributed by atoms with Gasteiger partial charge in [0.1, 0.15) is 19.0 Å². The van der Waals surface area contributed by atoms with Crippen molar-refractivity contribution in [3.8, 4) is 5.75 Å². The van der Waals surface area contributed by atoms with Gasteiger partial charge < -0.3 is 14.4 Å². The Balaban J connectivity index is 1.59.